The summed E-state index contributed by atoms with van der Waals surface area (Å²) in [6.07, 6.45) is 1.10. The van der Waals surface area contributed by atoms with Gasteiger partial charge in [-0.3, -0.25) is 9.82 Å². The number of ether oxygens (including phenoxy) is 1. The summed E-state index contributed by atoms with van der Waals surface area (Å²) >= 11 is 0.925. The van der Waals surface area contributed by atoms with Crippen LogP contribution in [0.3, 0.4) is 0 Å². The number of H-pyrrole nitrogens is 1. The monoisotopic (exact) mass is 345 g/mol. The third-order valence-corrected chi connectivity index (χ3v) is 4.63. The van der Waals surface area contributed by atoms with Gasteiger partial charge in [0.05, 0.1) is 12.8 Å². The highest BCUT2D eigenvalue weighted by atomic mass is 32.2. The molecule has 0 bridgehead atoms. The van der Waals surface area contributed by atoms with Crippen molar-refractivity contribution in [2.75, 3.05) is 11.3 Å². The van der Waals surface area contributed by atoms with Crippen molar-refractivity contribution >= 4 is 32.7 Å². The van der Waals surface area contributed by atoms with E-state index in [0.717, 1.165) is 17.7 Å². The van der Waals surface area contributed by atoms with Crippen molar-refractivity contribution in [2.45, 2.75) is 31.7 Å². The van der Waals surface area contributed by atoms with Gasteiger partial charge in [0.2, 0.25) is 5.13 Å². The number of sulfonamides is 1. The number of hydrogen-bond donors (Lipinski definition) is 2. The van der Waals surface area contributed by atoms with Crippen molar-refractivity contribution in [3.8, 4) is 0 Å². The lowest BCUT2D eigenvalue weighted by Gasteiger charge is -2.05. The zero-order chi connectivity index (χ0) is 16.3. The number of esters is 1. The lowest BCUT2D eigenvalue weighted by atomic mass is 10.2. The molecule has 9 nitrogen and oxygen atoms in total. The lowest BCUT2D eigenvalue weighted by molar-refractivity contribution is 0.0522. The summed E-state index contributed by atoms with van der Waals surface area (Å²) < 4.78 is 35.8. The molecule has 0 aromatic carbocycles. The van der Waals surface area contributed by atoms with Gasteiger partial charge in [-0.05, 0) is 6.92 Å². The van der Waals surface area contributed by atoms with Crippen molar-refractivity contribution in [3.63, 3.8) is 0 Å². The van der Waals surface area contributed by atoms with Crippen molar-refractivity contribution in [1.29, 1.82) is 0 Å². The predicted molar refractivity (Wildman–Crippen MR) is 79.4 cm³/mol. The molecule has 0 atom stereocenters. The van der Waals surface area contributed by atoms with Gasteiger partial charge in [-0.1, -0.05) is 13.8 Å². The fourth-order valence-electron chi connectivity index (χ4n) is 1.51. The van der Waals surface area contributed by atoms with Crippen LogP contribution in [0.5, 0.6) is 0 Å². The van der Waals surface area contributed by atoms with Gasteiger partial charge in [0.1, 0.15) is 11.4 Å². The van der Waals surface area contributed by atoms with Crippen LogP contribution in [-0.2, 0) is 14.8 Å². The summed E-state index contributed by atoms with van der Waals surface area (Å²) in [5.74, 6) is -0.147. The van der Waals surface area contributed by atoms with Gasteiger partial charge in [0.15, 0.2) is 5.03 Å². The van der Waals surface area contributed by atoms with Gasteiger partial charge in [-0.2, -0.15) is 17.9 Å². The molecule has 2 aromatic rings. The molecule has 0 fully saturated rings. The van der Waals surface area contributed by atoms with Crippen molar-refractivity contribution in [1.82, 2.24) is 19.6 Å². The first-order valence-electron chi connectivity index (χ1n) is 6.42. The zero-order valence-electron chi connectivity index (χ0n) is 12.2. The number of rotatable bonds is 6. The highest BCUT2D eigenvalue weighted by Crippen LogP contribution is 2.21. The van der Waals surface area contributed by atoms with E-state index >= 15 is 0 Å². The minimum Gasteiger partial charge on any atom is -0.462 e. The molecule has 0 saturated heterocycles. The standard InChI is InChI=1S/C11H15N5O4S2/c1-4-20-10(17)7-5-12-14-9(7)22(18,19)16-11-13-8(6(2)3)15-21-11/h5-6H,4H2,1-3H3,(H,12,14)(H,13,15,16). The minimum atomic E-state index is -4.04. The maximum atomic E-state index is 12.3. The molecule has 120 valence electrons. The smallest absolute Gasteiger partial charge is 0.342 e. The molecule has 2 N–H and O–H groups in total. The van der Waals surface area contributed by atoms with Crippen LogP contribution in [0.15, 0.2) is 11.2 Å². The molecule has 0 aliphatic heterocycles. The van der Waals surface area contributed by atoms with Crippen LogP contribution in [0.4, 0.5) is 5.13 Å². The van der Waals surface area contributed by atoms with E-state index < -0.39 is 16.0 Å². The average Bonchev–Trinajstić information content (AvgIpc) is 3.06. The van der Waals surface area contributed by atoms with Gasteiger partial charge < -0.3 is 4.74 Å². The highest BCUT2D eigenvalue weighted by Gasteiger charge is 2.27. The second-order valence-electron chi connectivity index (χ2n) is 4.55. The molecule has 0 unspecified atom stereocenters. The Kier molecular flexibility index (Phi) is 4.76. The Morgan fingerprint density at radius 2 is 2.23 bits per heavy atom. The summed E-state index contributed by atoms with van der Waals surface area (Å²) in [7, 11) is -4.04. The maximum absolute atomic E-state index is 12.3. The van der Waals surface area contributed by atoms with Crippen LogP contribution < -0.4 is 4.72 Å². The Hall–Kier alpha value is -2.01. The third kappa shape index (κ3) is 3.42. The van der Waals surface area contributed by atoms with E-state index in [9.17, 15) is 13.2 Å². The van der Waals surface area contributed by atoms with Crippen LogP contribution in [0, 0.1) is 0 Å². The topological polar surface area (TPSA) is 127 Å². The molecular formula is C11H15N5O4S2. The highest BCUT2D eigenvalue weighted by molar-refractivity contribution is 7.92. The Balaban J connectivity index is 2.27. The first-order chi connectivity index (χ1) is 10.3. The quantitative estimate of drug-likeness (QED) is 0.757. The number of nitrogens with zero attached hydrogens (tertiary/aromatic N) is 3. The molecule has 0 amide bonds. The van der Waals surface area contributed by atoms with E-state index in [1.54, 1.807) is 6.92 Å². The van der Waals surface area contributed by atoms with Crippen molar-refractivity contribution in [3.05, 3.63) is 17.6 Å². The first kappa shape index (κ1) is 16.4. The third-order valence-electron chi connectivity index (χ3n) is 2.55. The van der Waals surface area contributed by atoms with Gasteiger partial charge in [0.25, 0.3) is 10.0 Å². The molecule has 22 heavy (non-hydrogen) atoms. The summed E-state index contributed by atoms with van der Waals surface area (Å²) in [6.45, 7) is 5.55. The number of carbonyl (C=O) groups is 1. The van der Waals surface area contributed by atoms with Gasteiger partial charge >= 0.3 is 5.97 Å². The number of nitrogens with one attached hydrogen (secondary N) is 2. The SMILES string of the molecule is CCOC(=O)c1cn[nH]c1S(=O)(=O)Nc1nc(C(C)C)ns1. The Morgan fingerprint density at radius 3 is 2.82 bits per heavy atom. The molecule has 2 aromatic heterocycles. The molecule has 2 rings (SSSR count). The number of aromatic nitrogens is 4. The van der Waals surface area contributed by atoms with Crippen molar-refractivity contribution in [2.24, 2.45) is 0 Å². The minimum absolute atomic E-state index is 0.0803. The number of aromatic amines is 1. The second kappa shape index (κ2) is 6.40. The number of carbonyl (C=O) groups excluding carboxylic acids is 1. The Morgan fingerprint density at radius 1 is 1.50 bits per heavy atom. The fourth-order valence-corrected chi connectivity index (χ4v) is 3.53. The Bertz CT molecular complexity index is 765. The fraction of sp³-hybridized carbons (Fsp3) is 0.455. The zero-order valence-corrected chi connectivity index (χ0v) is 13.8. The molecule has 0 aliphatic rings. The van der Waals surface area contributed by atoms with E-state index in [-0.39, 0.29) is 28.2 Å². The largest absolute Gasteiger partial charge is 0.462 e. The summed E-state index contributed by atoms with van der Waals surface area (Å²) in [5, 5.41) is 5.63. The molecule has 0 saturated carbocycles. The van der Waals surface area contributed by atoms with Crippen LogP contribution >= 0.6 is 11.5 Å². The average molecular weight is 345 g/mol. The maximum Gasteiger partial charge on any atom is 0.342 e. The molecule has 0 radical (unpaired) electrons. The van der Waals surface area contributed by atoms with Crippen LogP contribution in [-0.4, -0.2) is 40.5 Å². The van der Waals surface area contributed by atoms with Crippen molar-refractivity contribution < 1.29 is 17.9 Å². The summed E-state index contributed by atoms with van der Waals surface area (Å²) in [5.41, 5.74) is -0.164. The van der Waals surface area contributed by atoms with E-state index in [2.05, 4.69) is 24.3 Å². The number of anilines is 1. The number of hydrogen-bond acceptors (Lipinski definition) is 8. The predicted octanol–water partition coefficient (Wildman–Crippen LogP) is 1.36. The van der Waals surface area contributed by atoms with Crippen LogP contribution in [0.2, 0.25) is 0 Å². The second-order valence-corrected chi connectivity index (χ2v) is 6.92. The van der Waals surface area contributed by atoms with E-state index in [1.165, 1.54) is 0 Å². The van der Waals surface area contributed by atoms with Gasteiger partial charge in [-0.25, -0.2) is 9.78 Å². The van der Waals surface area contributed by atoms with Crippen LogP contribution in [0.25, 0.3) is 0 Å². The molecule has 2 heterocycles. The summed E-state index contributed by atoms with van der Waals surface area (Å²) in [6, 6.07) is 0. The van der Waals surface area contributed by atoms with E-state index in [4.69, 9.17) is 4.74 Å². The van der Waals surface area contributed by atoms with Gasteiger partial charge in [-0.15, -0.1) is 0 Å². The Labute approximate surface area is 131 Å². The molecule has 0 spiro atoms. The molecule has 0 aliphatic carbocycles. The molecular weight excluding hydrogens is 330 g/mol. The van der Waals surface area contributed by atoms with E-state index in [0.29, 0.717) is 5.82 Å². The normalized spacial score (nSPS) is 11.6. The van der Waals surface area contributed by atoms with Crippen LogP contribution in [0.1, 0.15) is 42.9 Å². The summed E-state index contributed by atoms with van der Waals surface area (Å²) in [4.78, 5) is 15.8. The van der Waals surface area contributed by atoms with Gasteiger partial charge in [0, 0.05) is 17.5 Å². The molecule has 11 heteroatoms. The van der Waals surface area contributed by atoms with E-state index in [1.807, 2.05) is 13.8 Å². The first-order valence-corrected chi connectivity index (χ1v) is 8.67. The lowest BCUT2D eigenvalue weighted by Crippen LogP contribution is -2.17.